The molecule has 0 bridgehead atoms. The largest absolute Gasteiger partial charge is 0.493 e. The highest BCUT2D eigenvalue weighted by Crippen LogP contribution is 2.31. The van der Waals surface area contributed by atoms with Gasteiger partial charge < -0.3 is 19.5 Å². The molecule has 0 unspecified atom stereocenters. The average Bonchev–Trinajstić information content (AvgIpc) is 2.67. The Hall–Kier alpha value is -2.69. The second-order valence-corrected chi connectivity index (χ2v) is 6.16. The Labute approximate surface area is 155 Å². The van der Waals surface area contributed by atoms with Crippen molar-refractivity contribution in [2.75, 3.05) is 14.2 Å². The van der Waals surface area contributed by atoms with Crippen LogP contribution in [0, 0.1) is 6.92 Å². The lowest BCUT2D eigenvalue weighted by Gasteiger charge is -2.22. The van der Waals surface area contributed by atoms with E-state index in [1.54, 1.807) is 21.1 Å². The number of carbonyl (C=O) groups excluding carboxylic acids is 1. The second kappa shape index (κ2) is 9.13. The van der Waals surface area contributed by atoms with Crippen LogP contribution in [0.5, 0.6) is 17.2 Å². The van der Waals surface area contributed by atoms with Gasteiger partial charge in [-0.1, -0.05) is 30.7 Å². The summed E-state index contributed by atoms with van der Waals surface area (Å²) in [6, 6.07) is 13.2. The normalized spacial score (nSPS) is 12.8. The Morgan fingerprint density at radius 3 is 2.27 bits per heavy atom. The van der Waals surface area contributed by atoms with E-state index in [2.05, 4.69) is 5.32 Å². The molecule has 5 nitrogen and oxygen atoms in total. The first-order valence-electron chi connectivity index (χ1n) is 8.74. The van der Waals surface area contributed by atoms with Gasteiger partial charge in [-0.2, -0.15) is 0 Å². The summed E-state index contributed by atoms with van der Waals surface area (Å²) in [5, 5.41) is 3.04. The Morgan fingerprint density at radius 1 is 1.04 bits per heavy atom. The third-order valence-corrected chi connectivity index (χ3v) is 4.24. The maximum absolute atomic E-state index is 12.5. The first kappa shape index (κ1) is 19.6. The molecule has 0 radical (unpaired) electrons. The number of aryl methyl sites for hydroxylation is 1. The van der Waals surface area contributed by atoms with Crippen molar-refractivity contribution in [2.24, 2.45) is 0 Å². The molecule has 0 aliphatic heterocycles. The number of nitrogens with one attached hydrogen (secondary N) is 1. The molecule has 1 amide bonds. The number of ether oxygens (including phenoxy) is 3. The van der Waals surface area contributed by atoms with E-state index in [0.29, 0.717) is 17.2 Å². The fourth-order valence-corrected chi connectivity index (χ4v) is 2.65. The number of hydrogen-bond acceptors (Lipinski definition) is 4. The third-order valence-electron chi connectivity index (χ3n) is 4.24. The van der Waals surface area contributed by atoms with Gasteiger partial charge in [-0.05, 0) is 50.1 Å². The highest BCUT2D eigenvalue weighted by molar-refractivity contribution is 5.81. The van der Waals surface area contributed by atoms with Gasteiger partial charge >= 0.3 is 0 Å². The van der Waals surface area contributed by atoms with Crippen molar-refractivity contribution in [1.29, 1.82) is 0 Å². The molecule has 5 heteroatoms. The van der Waals surface area contributed by atoms with Crippen molar-refractivity contribution in [3.63, 3.8) is 0 Å². The Balaban J connectivity index is 2.06. The van der Waals surface area contributed by atoms with E-state index in [9.17, 15) is 4.79 Å². The molecule has 0 saturated heterocycles. The van der Waals surface area contributed by atoms with Crippen molar-refractivity contribution in [3.05, 3.63) is 53.6 Å². The number of methoxy groups -OCH3 is 2. The van der Waals surface area contributed by atoms with Crippen LogP contribution >= 0.6 is 0 Å². The van der Waals surface area contributed by atoms with Gasteiger partial charge in [-0.3, -0.25) is 4.79 Å². The van der Waals surface area contributed by atoms with Crippen molar-refractivity contribution >= 4 is 5.91 Å². The number of rotatable bonds is 8. The van der Waals surface area contributed by atoms with Crippen molar-refractivity contribution in [1.82, 2.24) is 5.32 Å². The number of hydrogen-bond donors (Lipinski definition) is 1. The molecule has 1 N–H and O–H groups in total. The van der Waals surface area contributed by atoms with Crippen LogP contribution in [0.4, 0.5) is 0 Å². The molecule has 0 aliphatic rings. The minimum absolute atomic E-state index is 0.133. The van der Waals surface area contributed by atoms with E-state index in [1.807, 2.05) is 56.3 Å². The lowest BCUT2D eigenvalue weighted by Crippen LogP contribution is -2.38. The van der Waals surface area contributed by atoms with Gasteiger partial charge in [0.25, 0.3) is 5.91 Å². The van der Waals surface area contributed by atoms with Crippen LogP contribution in [0.25, 0.3) is 0 Å². The van der Waals surface area contributed by atoms with Gasteiger partial charge in [0.1, 0.15) is 5.75 Å². The van der Waals surface area contributed by atoms with Gasteiger partial charge in [-0.25, -0.2) is 0 Å². The molecule has 0 aromatic heterocycles. The minimum atomic E-state index is -0.591. The SMILES string of the molecule is CC[C@H](NC(=O)[C@@H](C)Oc1ccc(C)cc1)c1ccc(OC)c(OC)c1. The minimum Gasteiger partial charge on any atom is -0.493 e. The van der Waals surface area contributed by atoms with E-state index in [4.69, 9.17) is 14.2 Å². The van der Waals surface area contributed by atoms with Gasteiger partial charge in [-0.15, -0.1) is 0 Å². The molecule has 2 aromatic rings. The first-order chi connectivity index (χ1) is 12.5. The van der Waals surface area contributed by atoms with E-state index in [-0.39, 0.29) is 11.9 Å². The third kappa shape index (κ3) is 4.91. The molecular formula is C21H27NO4. The molecule has 0 saturated carbocycles. The standard InChI is InChI=1S/C21H27NO4/c1-6-18(16-9-12-19(24-4)20(13-16)25-5)22-21(23)15(3)26-17-10-7-14(2)8-11-17/h7-13,15,18H,6H2,1-5H3,(H,22,23)/t15-,18+/m1/s1. The monoisotopic (exact) mass is 357 g/mol. The summed E-state index contributed by atoms with van der Waals surface area (Å²) in [6.45, 7) is 5.78. The molecule has 0 heterocycles. The van der Waals surface area contributed by atoms with Gasteiger partial charge in [0.2, 0.25) is 0 Å². The van der Waals surface area contributed by atoms with Crippen LogP contribution in [0.3, 0.4) is 0 Å². The molecular weight excluding hydrogens is 330 g/mol. The van der Waals surface area contributed by atoms with E-state index < -0.39 is 6.10 Å². The Kier molecular flexibility index (Phi) is 6.89. The van der Waals surface area contributed by atoms with Crippen LogP contribution in [-0.4, -0.2) is 26.2 Å². The first-order valence-corrected chi connectivity index (χ1v) is 8.74. The van der Waals surface area contributed by atoms with Gasteiger partial charge in [0.05, 0.1) is 20.3 Å². The van der Waals surface area contributed by atoms with Crippen LogP contribution in [0.1, 0.15) is 37.4 Å². The summed E-state index contributed by atoms with van der Waals surface area (Å²) in [5.74, 6) is 1.82. The predicted octanol–water partition coefficient (Wildman–Crippen LogP) is 4.05. The second-order valence-electron chi connectivity index (χ2n) is 6.16. The number of amides is 1. The van der Waals surface area contributed by atoms with Crippen molar-refractivity contribution < 1.29 is 19.0 Å². The van der Waals surface area contributed by atoms with Gasteiger partial charge in [0.15, 0.2) is 17.6 Å². The molecule has 140 valence electrons. The van der Waals surface area contributed by atoms with Crippen LogP contribution in [0.15, 0.2) is 42.5 Å². The highest BCUT2D eigenvalue weighted by atomic mass is 16.5. The zero-order valence-electron chi connectivity index (χ0n) is 16.0. The lowest BCUT2D eigenvalue weighted by molar-refractivity contribution is -0.128. The maximum atomic E-state index is 12.5. The number of benzene rings is 2. The van der Waals surface area contributed by atoms with Crippen LogP contribution < -0.4 is 19.5 Å². The van der Waals surface area contributed by atoms with Gasteiger partial charge in [0, 0.05) is 0 Å². The van der Waals surface area contributed by atoms with Crippen molar-refractivity contribution in [3.8, 4) is 17.2 Å². The molecule has 0 aliphatic carbocycles. The zero-order valence-corrected chi connectivity index (χ0v) is 16.0. The van der Waals surface area contributed by atoms with E-state index >= 15 is 0 Å². The fraction of sp³-hybridized carbons (Fsp3) is 0.381. The summed E-state index contributed by atoms with van der Waals surface area (Å²) in [5.41, 5.74) is 2.11. The zero-order chi connectivity index (χ0) is 19.1. The van der Waals surface area contributed by atoms with E-state index in [1.165, 1.54) is 0 Å². The molecule has 0 spiro atoms. The lowest BCUT2D eigenvalue weighted by atomic mass is 10.0. The van der Waals surface area contributed by atoms with Crippen molar-refractivity contribution in [2.45, 2.75) is 39.3 Å². The summed E-state index contributed by atoms with van der Waals surface area (Å²) in [7, 11) is 3.19. The quantitative estimate of drug-likeness (QED) is 0.774. The summed E-state index contributed by atoms with van der Waals surface area (Å²) in [6.07, 6.45) is 0.158. The summed E-state index contributed by atoms with van der Waals surface area (Å²) >= 11 is 0. The Bertz CT molecular complexity index is 727. The average molecular weight is 357 g/mol. The molecule has 0 fully saturated rings. The maximum Gasteiger partial charge on any atom is 0.261 e. The van der Waals surface area contributed by atoms with Crippen LogP contribution in [0.2, 0.25) is 0 Å². The van der Waals surface area contributed by atoms with Crippen LogP contribution in [-0.2, 0) is 4.79 Å². The topological polar surface area (TPSA) is 56.8 Å². The molecule has 2 atom stereocenters. The fourth-order valence-electron chi connectivity index (χ4n) is 2.65. The summed E-state index contributed by atoms with van der Waals surface area (Å²) < 4.78 is 16.4. The smallest absolute Gasteiger partial charge is 0.261 e. The highest BCUT2D eigenvalue weighted by Gasteiger charge is 2.20. The Morgan fingerprint density at radius 2 is 1.69 bits per heavy atom. The molecule has 2 rings (SSSR count). The molecule has 2 aromatic carbocycles. The predicted molar refractivity (Wildman–Crippen MR) is 102 cm³/mol. The molecule has 26 heavy (non-hydrogen) atoms. The van der Waals surface area contributed by atoms with E-state index in [0.717, 1.165) is 17.5 Å². The summed E-state index contributed by atoms with van der Waals surface area (Å²) in [4.78, 5) is 12.5. The number of carbonyl (C=O) groups is 1.